The zero-order valence-electron chi connectivity index (χ0n) is 16.4. The van der Waals surface area contributed by atoms with Gasteiger partial charge in [0.1, 0.15) is 0 Å². The number of likely N-dealkylation sites (N-methyl/N-ethyl adjacent to an activating group) is 1. The molecule has 0 aliphatic carbocycles. The zero-order valence-corrected chi connectivity index (χ0v) is 16.4. The van der Waals surface area contributed by atoms with Crippen LogP contribution in [-0.4, -0.2) is 29.5 Å². The molecule has 1 heterocycles. The molecule has 3 heteroatoms. The van der Waals surface area contributed by atoms with Gasteiger partial charge in [0.25, 0.3) is 0 Å². The Bertz CT molecular complexity index is 1110. The molecule has 4 rings (SSSR count). The minimum atomic E-state index is -0.477. The largest absolute Gasteiger partial charge is 0.321 e. The van der Waals surface area contributed by atoms with Gasteiger partial charge < -0.3 is 10.6 Å². The summed E-state index contributed by atoms with van der Waals surface area (Å²) >= 11 is 0. The second-order valence-corrected chi connectivity index (χ2v) is 7.57. The average molecular weight is 358 g/mol. The van der Waals surface area contributed by atoms with Crippen LogP contribution in [0.4, 0.5) is 0 Å². The fourth-order valence-electron chi connectivity index (χ4n) is 4.23. The lowest BCUT2D eigenvalue weighted by Crippen LogP contribution is -2.45. The van der Waals surface area contributed by atoms with Gasteiger partial charge in [0.05, 0.1) is 16.6 Å². The highest BCUT2D eigenvalue weighted by Crippen LogP contribution is 2.36. The van der Waals surface area contributed by atoms with E-state index >= 15 is 0 Å². The Morgan fingerprint density at radius 2 is 1.52 bits per heavy atom. The van der Waals surface area contributed by atoms with E-state index in [-0.39, 0.29) is 0 Å². The summed E-state index contributed by atoms with van der Waals surface area (Å²) in [5, 5.41) is 4.70. The van der Waals surface area contributed by atoms with Gasteiger partial charge in [0.15, 0.2) is 0 Å². The summed E-state index contributed by atoms with van der Waals surface area (Å²) in [5.74, 6) is 0. The van der Waals surface area contributed by atoms with Crippen LogP contribution in [-0.2, 0) is 5.54 Å². The molecule has 3 nitrogen and oxygen atoms in total. The molecule has 1 unspecified atom stereocenters. The molecule has 0 bridgehead atoms. The van der Waals surface area contributed by atoms with Crippen molar-refractivity contribution in [3.63, 3.8) is 0 Å². The quantitative estimate of drug-likeness (QED) is 0.401. The Hall–Kier alpha value is -2.49. The SMILES string of the molecule is CCN(CC)CC(C)(N)c1c2ccccc2nc2c1ccc1ccccc12. The summed E-state index contributed by atoms with van der Waals surface area (Å²) in [7, 11) is 0. The number of hydrogen-bond donors (Lipinski definition) is 1. The first-order chi connectivity index (χ1) is 13.0. The Labute approximate surface area is 160 Å². The van der Waals surface area contributed by atoms with Crippen LogP contribution in [0, 0.1) is 0 Å². The molecule has 0 fully saturated rings. The summed E-state index contributed by atoms with van der Waals surface area (Å²) < 4.78 is 0. The van der Waals surface area contributed by atoms with Crippen LogP contribution in [0.5, 0.6) is 0 Å². The van der Waals surface area contributed by atoms with E-state index in [4.69, 9.17) is 10.7 Å². The number of rotatable bonds is 5. The molecule has 138 valence electrons. The van der Waals surface area contributed by atoms with Crippen molar-refractivity contribution in [1.82, 2.24) is 9.88 Å². The maximum absolute atomic E-state index is 7.00. The van der Waals surface area contributed by atoms with E-state index in [9.17, 15) is 0 Å². The van der Waals surface area contributed by atoms with E-state index in [1.807, 2.05) is 6.07 Å². The highest BCUT2D eigenvalue weighted by atomic mass is 15.1. The van der Waals surface area contributed by atoms with Crippen LogP contribution in [0.15, 0.2) is 60.7 Å². The molecule has 1 aromatic heterocycles. The number of hydrogen-bond acceptors (Lipinski definition) is 3. The van der Waals surface area contributed by atoms with E-state index in [1.54, 1.807) is 0 Å². The first-order valence-electron chi connectivity index (χ1n) is 9.77. The van der Waals surface area contributed by atoms with Crippen molar-refractivity contribution >= 4 is 32.6 Å². The molecule has 0 spiro atoms. The number of fused-ring (bicyclic) bond motifs is 4. The van der Waals surface area contributed by atoms with Crippen molar-refractivity contribution in [2.24, 2.45) is 5.73 Å². The lowest BCUT2D eigenvalue weighted by Gasteiger charge is -2.33. The van der Waals surface area contributed by atoms with Crippen LogP contribution in [0.2, 0.25) is 0 Å². The molecule has 0 amide bonds. The number of pyridine rings is 1. The molecular weight excluding hydrogens is 330 g/mol. The van der Waals surface area contributed by atoms with Crippen molar-refractivity contribution in [2.45, 2.75) is 26.3 Å². The minimum Gasteiger partial charge on any atom is -0.321 e. The first kappa shape index (κ1) is 17.9. The molecule has 27 heavy (non-hydrogen) atoms. The van der Waals surface area contributed by atoms with Gasteiger partial charge in [-0.15, -0.1) is 0 Å². The van der Waals surface area contributed by atoms with Crippen LogP contribution in [0.25, 0.3) is 32.6 Å². The van der Waals surface area contributed by atoms with Crippen molar-refractivity contribution < 1.29 is 0 Å². The third-order valence-corrected chi connectivity index (χ3v) is 5.59. The Morgan fingerprint density at radius 3 is 2.26 bits per heavy atom. The number of para-hydroxylation sites is 1. The van der Waals surface area contributed by atoms with Gasteiger partial charge in [-0.05, 0) is 37.0 Å². The van der Waals surface area contributed by atoms with Gasteiger partial charge in [-0.1, -0.05) is 68.4 Å². The lowest BCUT2D eigenvalue weighted by atomic mass is 9.85. The number of nitrogens with two attached hydrogens (primary N) is 1. The molecule has 3 aromatic carbocycles. The van der Waals surface area contributed by atoms with Crippen LogP contribution < -0.4 is 5.73 Å². The molecule has 0 aliphatic rings. The average Bonchev–Trinajstić information content (AvgIpc) is 2.70. The summed E-state index contributed by atoms with van der Waals surface area (Å²) in [6, 6.07) is 21.2. The van der Waals surface area contributed by atoms with E-state index in [2.05, 4.69) is 80.3 Å². The van der Waals surface area contributed by atoms with E-state index < -0.39 is 5.54 Å². The number of nitrogens with zero attached hydrogens (tertiary/aromatic N) is 2. The smallest absolute Gasteiger partial charge is 0.0791 e. The molecule has 0 radical (unpaired) electrons. The molecule has 0 aliphatic heterocycles. The summed E-state index contributed by atoms with van der Waals surface area (Å²) in [5.41, 5.74) is 9.76. The second kappa shape index (κ2) is 6.91. The van der Waals surface area contributed by atoms with Gasteiger partial charge in [0.2, 0.25) is 0 Å². The predicted octanol–water partition coefficient (Wildman–Crippen LogP) is 5.06. The minimum absolute atomic E-state index is 0.477. The Balaban J connectivity index is 2.08. The lowest BCUT2D eigenvalue weighted by molar-refractivity contribution is 0.239. The number of aromatic nitrogens is 1. The topological polar surface area (TPSA) is 42.1 Å². The molecular formula is C24H27N3. The van der Waals surface area contributed by atoms with Gasteiger partial charge in [0, 0.05) is 22.7 Å². The molecule has 1 atom stereocenters. The molecule has 4 aromatic rings. The monoisotopic (exact) mass is 357 g/mol. The predicted molar refractivity (Wildman–Crippen MR) is 116 cm³/mol. The number of benzene rings is 3. The normalized spacial score (nSPS) is 14.3. The summed E-state index contributed by atoms with van der Waals surface area (Å²) in [6.45, 7) is 9.34. The second-order valence-electron chi connectivity index (χ2n) is 7.57. The van der Waals surface area contributed by atoms with Crippen molar-refractivity contribution in [2.75, 3.05) is 19.6 Å². The maximum atomic E-state index is 7.00. The van der Waals surface area contributed by atoms with Crippen LogP contribution in [0.1, 0.15) is 26.3 Å². The van der Waals surface area contributed by atoms with Crippen LogP contribution in [0.3, 0.4) is 0 Å². The van der Waals surface area contributed by atoms with E-state index in [1.165, 1.54) is 16.3 Å². The maximum Gasteiger partial charge on any atom is 0.0791 e. The summed E-state index contributed by atoms with van der Waals surface area (Å²) in [6.07, 6.45) is 0. The van der Waals surface area contributed by atoms with E-state index in [0.29, 0.717) is 0 Å². The van der Waals surface area contributed by atoms with Crippen molar-refractivity contribution in [3.8, 4) is 0 Å². The van der Waals surface area contributed by atoms with E-state index in [0.717, 1.165) is 41.4 Å². The van der Waals surface area contributed by atoms with Gasteiger partial charge in [-0.25, -0.2) is 4.98 Å². The molecule has 0 saturated heterocycles. The summed E-state index contributed by atoms with van der Waals surface area (Å²) in [4.78, 5) is 7.42. The third-order valence-electron chi connectivity index (χ3n) is 5.59. The Kier molecular flexibility index (Phi) is 4.58. The fourth-order valence-corrected chi connectivity index (χ4v) is 4.23. The first-order valence-corrected chi connectivity index (χ1v) is 9.77. The zero-order chi connectivity index (χ0) is 19.0. The molecule has 0 saturated carbocycles. The van der Waals surface area contributed by atoms with Gasteiger partial charge in [-0.2, -0.15) is 0 Å². The highest BCUT2D eigenvalue weighted by Gasteiger charge is 2.28. The standard InChI is InChI=1S/C24H27N3/c1-4-27(5-2)16-24(3,25)22-19-12-8-9-13-21(19)26-23-18-11-7-6-10-17(18)14-15-20(22)23/h6-15H,4-5,16,25H2,1-3H3. The Morgan fingerprint density at radius 1 is 0.852 bits per heavy atom. The third kappa shape index (κ3) is 3.07. The fraction of sp³-hybridized carbons (Fsp3) is 0.292. The highest BCUT2D eigenvalue weighted by molar-refractivity contribution is 6.10. The van der Waals surface area contributed by atoms with Crippen LogP contribution >= 0.6 is 0 Å². The molecule has 2 N–H and O–H groups in total. The van der Waals surface area contributed by atoms with Crippen molar-refractivity contribution in [3.05, 3.63) is 66.2 Å². The van der Waals surface area contributed by atoms with Crippen molar-refractivity contribution in [1.29, 1.82) is 0 Å². The van der Waals surface area contributed by atoms with Gasteiger partial charge in [-0.3, -0.25) is 0 Å². The van der Waals surface area contributed by atoms with Gasteiger partial charge >= 0.3 is 0 Å².